The summed E-state index contributed by atoms with van der Waals surface area (Å²) in [5.41, 5.74) is 3.35. The van der Waals surface area contributed by atoms with Crippen LogP contribution in [0.4, 0.5) is 11.4 Å². The number of amides is 2. The quantitative estimate of drug-likeness (QED) is 0.428. The molecular formula is C25H31N3O3. The number of fused-ring (bicyclic) bond motifs is 1. The molecule has 1 aromatic heterocycles. The number of nitrogens with zero attached hydrogens (tertiary/aromatic N) is 1. The second-order valence-electron chi connectivity index (χ2n) is 7.79. The number of carbonyl (C=O) groups is 2. The van der Waals surface area contributed by atoms with Crippen LogP contribution in [0.5, 0.6) is 0 Å². The van der Waals surface area contributed by atoms with Gasteiger partial charge >= 0.3 is 0 Å². The van der Waals surface area contributed by atoms with Gasteiger partial charge < -0.3 is 15.1 Å². The van der Waals surface area contributed by atoms with Crippen LogP contribution < -0.4 is 10.6 Å². The number of aromatic nitrogens is 1. The van der Waals surface area contributed by atoms with Crippen LogP contribution in [0.2, 0.25) is 0 Å². The van der Waals surface area contributed by atoms with Gasteiger partial charge in [-0.05, 0) is 56.0 Å². The maximum absolute atomic E-state index is 12.7. The van der Waals surface area contributed by atoms with E-state index in [1.54, 1.807) is 6.07 Å². The predicted molar refractivity (Wildman–Crippen MR) is 125 cm³/mol. The van der Waals surface area contributed by atoms with Gasteiger partial charge in [0.15, 0.2) is 5.58 Å². The number of nitrogens with one attached hydrogen (secondary N) is 2. The summed E-state index contributed by atoms with van der Waals surface area (Å²) < 4.78 is 5.92. The summed E-state index contributed by atoms with van der Waals surface area (Å²) in [5, 5.41) is 6.00. The Morgan fingerprint density at radius 3 is 1.84 bits per heavy atom. The highest BCUT2D eigenvalue weighted by Gasteiger charge is 2.18. The molecule has 3 rings (SSSR count). The Hall–Kier alpha value is -3.15. The van der Waals surface area contributed by atoms with E-state index in [9.17, 15) is 9.59 Å². The van der Waals surface area contributed by atoms with Crippen LogP contribution in [0.25, 0.3) is 22.6 Å². The molecule has 0 aliphatic rings. The Kier molecular flexibility index (Phi) is 7.45. The van der Waals surface area contributed by atoms with Crippen molar-refractivity contribution < 1.29 is 14.0 Å². The van der Waals surface area contributed by atoms with Gasteiger partial charge in [0, 0.05) is 28.8 Å². The number of oxazole rings is 1. The number of para-hydroxylation sites is 2. The summed E-state index contributed by atoms with van der Waals surface area (Å²) in [6.45, 7) is 8.02. The zero-order valence-electron chi connectivity index (χ0n) is 18.7. The molecule has 0 aliphatic heterocycles. The van der Waals surface area contributed by atoms with Gasteiger partial charge in [0.25, 0.3) is 0 Å². The molecule has 0 bridgehead atoms. The fourth-order valence-electron chi connectivity index (χ4n) is 3.70. The number of anilines is 2. The second kappa shape index (κ2) is 10.2. The van der Waals surface area contributed by atoms with Crippen molar-refractivity contribution in [3.63, 3.8) is 0 Å². The molecule has 0 unspecified atom stereocenters. The predicted octanol–water partition coefficient (Wildman–Crippen LogP) is 6.24. The number of benzene rings is 2. The van der Waals surface area contributed by atoms with Gasteiger partial charge in [0.2, 0.25) is 17.7 Å². The van der Waals surface area contributed by atoms with Crippen LogP contribution in [-0.4, -0.2) is 16.8 Å². The first-order chi connectivity index (χ1) is 15.0. The average molecular weight is 422 g/mol. The number of hydrogen-bond donors (Lipinski definition) is 2. The Balaban J connectivity index is 1.98. The van der Waals surface area contributed by atoms with Gasteiger partial charge in [-0.3, -0.25) is 9.59 Å². The van der Waals surface area contributed by atoms with Crippen molar-refractivity contribution in [3.8, 4) is 11.5 Å². The summed E-state index contributed by atoms with van der Waals surface area (Å²) in [7, 11) is 0. The van der Waals surface area contributed by atoms with Crippen molar-refractivity contribution in [2.45, 2.75) is 53.4 Å². The molecule has 0 spiro atoms. The van der Waals surface area contributed by atoms with E-state index >= 15 is 0 Å². The standard InChI is InChI=1S/C25H31N3O3/c1-5-16(6-2)23(29)26-19-13-18(25-28-21-11-9-10-12-22(21)31-25)14-20(15-19)27-24(30)17(7-3)8-4/h9-17H,5-8H2,1-4H3,(H,26,29)(H,27,30). The molecule has 0 fully saturated rings. The van der Waals surface area contributed by atoms with Crippen LogP contribution in [-0.2, 0) is 9.59 Å². The van der Waals surface area contributed by atoms with E-state index in [4.69, 9.17) is 4.42 Å². The van der Waals surface area contributed by atoms with Crippen LogP contribution in [0.15, 0.2) is 46.9 Å². The summed E-state index contributed by atoms with van der Waals surface area (Å²) in [5.74, 6) is 0.262. The maximum Gasteiger partial charge on any atom is 0.227 e. The molecule has 2 amide bonds. The van der Waals surface area contributed by atoms with Crippen molar-refractivity contribution in [1.82, 2.24) is 4.98 Å². The summed E-state index contributed by atoms with van der Waals surface area (Å²) in [6, 6.07) is 13.0. The van der Waals surface area contributed by atoms with Gasteiger partial charge in [0.1, 0.15) is 5.52 Å². The SMILES string of the molecule is CCC(CC)C(=O)Nc1cc(NC(=O)C(CC)CC)cc(-c2nc3ccccc3o2)c1. The smallest absolute Gasteiger partial charge is 0.227 e. The normalized spacial score (nSPS) is 11.3. The minimum atomic E-state index is -0.0596. The largest absolute Gasteiger partial charge is 0.436 e. The zero-order chi connectivity index (χ0) is 22.4. The molecule has 2 N–H and O–H groups in total. The van der Waals surface area contributed by atoms with E-state index in [1.807, 2.05) is 64.1 Å². The highest BCUT2D eigenvalue weighted by Crippen LogP contribution is 2.30. The third-order valence-electron chi connectivity index (χ3n) is 5.72. The number of hydrogen-bond acceptors (Lipinski definition) is 4. The fourth-order valence-corrected chi connectivity index (χ4v) is 3.70. The van der Waals surface area contributed by atoms with E-state index in [0.29, 0.717) is 28.4 Å². The first kappa shape index (κ1) is 22.5. The molecule has 2 aromatic carbocycles. The van der Waals surface area contributed by atoms with Crippen molar-refractivity contribution in [1.29, 1.82) is 0 Å². The van der Waals surface area contributed by atoms with Crippen molar-refractivity contribution in [2.24, 2.45) is 11.8 Å². The monoisotopic (exact) mass is 421 g/mol. The minimum Gasteiger partial charge on any atom is -0.436 e. The Labute approximate surface area is 183 Å². The van der Waals surface area contributed by atoms with Crippen LogP contribution in [0, 0.1) is 11.8 Å². The van der Waals surface area contributed by atoms with Gasteiger partial charge in [-0.25, -0.2) is 4.98 Å². The lowest BCUT2D eigenvalue weighted by Gasteiger charge is -2.16. The highest BCUT2D eigenvalue weighted by atomic mass is 16.3. The van der Waals surface area contributed by atoms with Crippen molar-refractivity contribution >= 4 is 34.3 Å². The van der Waals surface area contributed by atoms with Gasteiger partial charge in [-0.2, -0.15) is 0 Å². The fraction of sp³-hybridized carbons (Fsp3) is 0.400. The Morgan fingerprint density at radius 1 is 0.839 bits per heavy atom. The molecule has 0 saturated heterocycles. The third-order valence-corrected chi connectivity index (χ3v) is 5.72. The number of carbonyl (C=O) groups excluding carboxylic acids is 2. The van der Waals surface area contributed by atoms with Crippen molar-refractivity contribution in [2.75, 3.05) is 10.6 Å². The van der Waals surface area contributed by atoms with Crippen molar-refractivity contribution in [3.05, 3.63) is 42.5 Å². The van der Waals surface area contributed by atoms with Gasteiger partial charge in [-0.1, -0.05) is 39.8 Å². The Bertz CT molecular complexity index is 972. The van der Waals surface area contributed by atoms with Crippen LogP contribution in [0.1, 0.15) is 53.4 Å². The summed E-state index contributed by atoms with van der Waals surface area (Å²) in [4.78, 5) is 29.9. The first-order valence-electron chi connectivity index (χ1n) is 11.1. The lowest BCUT2D eigenvalue weighted by molar-refractivity contribution is -0.120. The molecule has 0 saturated carbocycles. The molecule has 6 heteroatoms. The van der Waals surface area contributed by atoms with E-state index in [2.05, 4.69) is 15.6 Å². The molecule has 0 radical (unpaired) electrons. The topological polar surface area (TPSA) is 84.2 Å². The molecule has 0 atom stereocenters. The van der Waals surface area contributed by atoms with Gasteiger partial charge in [-0.15, -0.1) is 0 Å². The molecule has 3 aromatic rings. The first-order valence-corrected chi connectivity index (χ1v) is 11.1. The maximum atomic E-state index is 12.7. The zero-order valence-corrected chi connectivity index (χ0v) is 18.7. The molecule has 6 nitrogen and oxygen atoms in total. The lowest BCUT2D eigenvalue weighted by Crippen LogP contribution is -2.23. The molecule has 1 heterocycles. The second-order valence-corrected chi connectivity index (χ2v) is 7.79. The molecule has 164 valence electrons. The van der Waals surface area contributed by atoms with E-state index in [0.717, 1.165) is 31.2 Å². The molecule has 31 heavy (non-hydrogen) atoms. The number of rotatable bonds is 9. The van der Waals surface area contributed by atoms with Gasteiger partial charge in [0.05, 0.1) is 0 Å². The van der Waals surface area contributed by atoms with E-state index in [-0.39, 0.29) is 23.7 Å². The average Bonchev–Trinajstić information content (AvgIpc) is 3.20. The third kappa shape index (κ3) is 5.32. The minimum absolute atomic E-state index is 0.0306. The Morgan fingerprint density at radius 2 is 1.35 bits per heavy atom. The van der Waals surface area contributed by atoms with E-state index < -0.39 is 0 Å². The van der Waals surface area contributed by atoms with Crippen LogP contribution >= 0.6 is 0 Å². The summed E-state index contributed by atoms with van der Waals surface area (Å²) in [6.07, 6.45) is 3.08. The van der Waals surface area contributed by atoms with Crippen LogP contribution in [0.3, 0.4) is 0 Å². The highest BCUT2D eigenvalue weighted by molar-refractivity contribution is 5.97. The lowest BCUT2D eigenvalue weighted by atomic mass is 10.0. The van der Waals surface area contributed by atoms with E-state index in [1.165, 1.54) is 0 Å². The molecule has 0 aliphatic carbocycles. The molecular weight excluding hydrogens is 390 g/mol. The summed E-state index contributed by atoms with van der Waals surface area (Å²) >= 11 is 0.